The summed E-state index contributed by atoms with van der Waals surface area (Å²) in [5.41, 5.74) is 0. The van der Waals surface area contributed by atoms with Gasteiger partial charge in [-0.1, -0.05) is 12.2 Å². The molecule has 1 fully saturated rings. The molecule has 0 aromatic heterocycles. The maximum absolute atomic E-state index is 4.86. The minimum Gasteiger partial charge on any atom is -0.381 e. The highest BCUT2D eigenvalue weighted by Gasteiger charge is 2.18. The van der Waals surface area contributed by atoms with Crippen LogP contribution in [0.3, 0.4) is 0 Å². The van der Waals surface area contributed by atoms with Crippen LogP contribution >= 0.6 is 0 Å². The second kappa shape index (κ2) is 3.67. The maximum atomic E-state index is 4.86. The van der Waals surface area contributed by atoms with Gasteiger partial charge in [-0.15, -0.1) is 0 Å². The predicted molar refractivity (Wildman–Crippen MR) is 38.4 cm³/mol. The van der Waals surface area contributed by atoms with Gasteiger partial charge in [0.15, 0.2) is 0 Å². The highest BCUT2D eigenvalue weighted by molar-refractivity contribution is 4.88. The van der Waals surface area contributed by atoms with E-state index in [-0.39, 0.29) is 0 Å². The highest BCUT2D eigenvalue weighted by atomic mass is 16.5. The zero-order valence-electron chi connectivity index (χ0n) is 5.97. The van der Waals surface area contributed by atoms with Crippen LogP contribution in [-0.2, 0) is 4.74 Å². The molecule has 0 aliphatic heterocycles. The zero-order chi connectivity index (χ0) is 6.53. The zero-order valence-corrected chi connectivity index (χ0v) is 5.97. The second-order valence-corrected chi connectivity index (χ2v) is 2.61. The summed E-state index contributed by atoms with van der Waals surface area (Å²) in [6, 6.07) is 0. The van der Waals surface area contributed by atoms with E-state index >= 15 is 0 Å². The average Bonchev–Trinajstić information content (AvgIpc) is 2.63. The van der Waals surface area contributed by atoms with Gasteiger partial charge in [-0.25, -0.2) is 0 Å². The van der Waals surface area contributed by atoms with E-state index in [4.69, 9.17) is 4.74 Å². The third-order valence-electron chi connectivity index (χ3n) is 1.60. The lowest BCUT2D eigenvalue weighted by atomic mass is 10.3. The Labute approximate surface area is 56.7 Å². The van der Waals surface area contributed by atoms with Crippen LogP contribution < -0.4 is 0 Å². The van der Waals surface area contributed by atoms with Gasteiger partial charge in [-0.05, 0) is 25.2 Å². The third-order valence-corrected chi connectivity index (χ3v) is 1.60. The number of hydrogen-bond acceptors (Lipinski definition) is 1. The molecule has 0 atom stereocenters. The minimum absolute atomic E-state index is 0.771. The van der Waals surface area contributed by atoms with E-state index in [1.165, 1.54) is 19.3 Å². The summed E-state index contributed by atoms with van der Waals surface area (Å²) in [7, 11) is 1.72. The van der Waals surface area contributed by atoms with E-state index in [0.717, 1.165) is 12.5 Å². The van der Waals surface area contributed by atoms with Crippen LogP contribution in [0.5, 0.6) is 0 Å². The summed E-state index contributed by atoms with van der Waals surface area (Å²) >= 11 is 0. The van der Waals surface area contributed by atoms with Gasteiger partial charge in [0.25, 0.3) is 0 Å². The molecule has 1 heteroatoms. The first-order valence-corrected chi connectivity index (χ1v) is 3.57. The van der Waals surface area contributed by atoms with Gasteiger partial charge < -0.3 is 4.74 Å². The molecule has 0 heterocycles. The summed E-state index contributed by atoms with van der Waals surface area (Å²) in [6.07, 6.45) is 8.47. The Bertz CT molecular complexity index is 92.7. The van der Waals surface area contributed by atoms with Gasteiger partial charge in [0.05, 0.1) is 6.61 Å². The van der Waals surface area contributed by atoms with E-state index in [9.17, 15) is 0 Å². The van der Waals surface area contributed by atoms with Crippen LogP contribution in [0.25, 0.3) is 0 Å². The molecule has 1 aliphatic rings. The van der Waals surface area contributed by atoms with Crippen molar-refractivity contribution in [2.75, 3.05) is 13.7 Å². The quantitative estimate of drug-likeness (QED) is 0.523. The predicted octanol–water partition coefficient (Wildman–Crippen LogP) is 1.99. The molecule has 0 N–H and O–H groups in total. The molecule has 0 unspecified atom stereocenters. The Hall–Kier alpha value is -0.300. The Morgan fingerprint density at radius 3 is 2.78 bits per heavy atom. The minimum atomic E-state index is 0.771. The number of methoxy groups -OCH3 is 1. The van der Waals surface area contributed by atoms with Crippen molar-refractivity contribution in [3.05, 3.63) is 12.2 Å². The summed E-state index contributed by atoms with van der Waals surface area (Å²) in [6.45, 7) is 0.771. The van der Waals surface area contributed by atoms with Crippen LogP contribution in [-0.4, -0.2) is 13.7 Å². The van der Waals surface area contributed by atoms with Crippen molar-refractivity contribution in [2.24, 2.45) is 5.92 Å². The van der Waals surface area contributed by atoms with E-state index in [0.29, 0.717) is 0 Å². The molecule has 0 aromatic rings. The van der Waals surface area contributed by atoms with Crippen LogP contribution in [0, 0.1) is 5.92 Å². The number of allylic oxidation sites excluding steroid dienone is 1. The molecule has 0 amide bonds. The van der Waals surface area contributed by atoms with Crippen molar-refractivity contribution in [1.82, 2.24) is 0 Å². The molecule has 1 nitrogen and oxygen atoms in total. The first kappa shape index (κ1) is 6.81. The molecule has 0 spiro atoms. The van der Waals surface area contributed by atoms with Gasteiger partial charge in [0.2, 0.25) is 0 Å². The third kappa shape index (κ3) is 3.31. The molecule has 0 bridgehead atoms. The van der Waals surface area contributed by atoms with Gasteiger partial charge >= 0.3 is 0 Å². The van der Waals surface area contributed by atoms with E-state index < -0.39 is 0 Å². The Balaban J connectivity index is 1.88. The molecule has 1 aliphatic carbocycles. The summed E-state index contributed by atoms with van der Waals surface area (Å²) < 4.78 is 4.86. The van der Waals surface area contributed by atoms with Gasteiger partial charge in [-0.3, -0.25) is 0 Å². The van der Waals surface area contributed by atoms with E-state index in [1.807, 2.05) is 0 Å². The molecule has 1 rings (SSSR count). The molecule has 0 aromatic carbocycles. The van der Waals surface area contributed by atoms with E-state index in [1.54, 1.807) is 7.11 Å². The largest absolute Gasteiger partial charge is 0.381 e. The Morgan fingerprint density at radius 2 is 2.22 bits per heavy atom. The molecule has 0 radical (unpaired) electrons. The van der Waals surface area contributed by atoms with Crippen molar-refractivity contribution in [3.8, 4) is 0 Å². The Morgan fingerprint density at radius 1 is 1.44 bits per heavy atom. The Kier molecular flexibility index (Phi) is 2.78. The van der Waals surface area contributed by atoms with Crippen LogP contribution in [0.4, 0.5) is 0 Å². The van der Waals surface area contributed by atoms with Gasteiger partial charge in [0, 0.05) is 7.11 Å². The second-order valence-electron chi connectivity index (χ2n) is 2.61. The fourth-order valence-corrected chi connectivity index (χ4v) is 0.806. The average molecular weight is 126 g/mol. The summed E-state index contributed by atoms with van der Waals surface area (Å²) in [5.74, 6) is 1.01. The number of hydrogen-bond donors (Lipinski definition) is 0. The molecule has 1 saturated carbocycles. The first-order valence-electron chi connectivity index (χ1n) is 3.57. The van der Waals surface area contributed by atoms with Crippen molar-refractivity contribution in [2.45, 2.75) is 19.3 Å². The van der Waals surface area contributed by atoms with Gasteiger partial charge in [-0.2, -0.15) is 0 Å². The smallest absolute Gasteiger partial charge is 0.0643 e. The highest BCUT2D eigenvalue weighted by Crippen LogP contribution is 2.32. The summed E-state index contributed by atoms with van der Waals surface area (Å²) in [5, 5.41) is 0. The molecule has 52 valence electrons. The SMILES string of the molecule is COCC=CCC1CC1. The molecule has 9 heavy (non-hydrogen) atoms. The molecular weight excluding hydrogens is 112 g/mol. The molecular formula is C8H14O. The monoisotopic (exact) mass is 126 g/mol. The maximum Gasteiger partial charge on any atom is 0.0643 e. The van der Waals surface area contributed by atoms with Gasteiger partial charge in [0.1, 0.15) is 0 Å². The normalized spacial score (nSPS) is 19.2. The van der Waals surface area contributed by atoms with Crippen LogP contribution in [0.1, 0.15) is 19.3 Å². The topological polar surface area (TPSA) is 9.23 Å². The van der Waals surface area contributed by atoms with Crippen molar-refractivity contribution >= 4 is 0 Å². The fourth-order valence-electron chi connectivity index (χ4n) is 0.806. The van der Waals surface area contributed by atoms with Crippen LogP contribution in [0.15, 0.2) is 12.2 Å². The lowest BCUT2D eigenvalue weighted by Gasteiger charge is -1.87. The number of rotatable bonds is 4. The van der Waals surface area contributed by atoms with Crippen molar-refractivity contribution in [1.29, 1.82) is 0 Å². The van der Waals surface area contributed by atoms with Crippen LogP contribution in [0.2, 0.25) is 0 Å². The van der Waals surface area contributed by atoms with Crippen molar-refractivity contribution < 1.29 is 4.74 Å². The fraction of sp³-hybridized carbons (Fsp3) is 0.750. The van der Waals surface area contributed by atoms with Crippen molar-refractivity contribution in [3.63, 3.8) is 0 Å². The lowest BCUT2D eigenvalue weighted by Crippen LogP contribution is -1.80. The number of ether oxygens (including phenoxy) is 1. The summed E-state index contributed by atoms with van der Waals surface area (Å²) in [4.78, 5) is 0. The lowest BCUT2D eigenvalue weighted by molar-refractivity contribution is 0.233. The standard InChI is InChI=1S/C8H14O/c1-9-7-3-2-4-8-5-6-8/h2-3,8H,4-7H2,1H3. The molecule has 0 saturated heterocycles. The van der Waals surface area contributed by atoms with E-state index in [2.05, 4.69) is 12.2 Å². The first-order chi connectivity index (χ1) is 4.43.